The number of nitrogens with zero attached hydrogens (tertiary/aromatic N) is 1. The number of rotatable bonds is 2. The molecule has 15 heavy (non-hydrogen) atoms. The van der Waals surface area contributed by atoms with E-state index in [2.05, 4.69) is 15.6 Å². The van der Waals surface area contributed by atoms with Gasteiger partial charge in [-0.2, -0.15) is 0 Å². The van der Waals surface area contributed by atoms with Crippen LogP contribution in [0.25, 0.3) is 0 Å². The third-order valence-corrected chi connectivity index (χ3v) is 2.87. The van der Waals surface area contributed by atoms with Crippen molar-refractivity contribution >= 4 is 23.0 Å². The van der Waals surface area contributed by atoms with E-state index in [1.54, 1.807) is 0 Å². The standard InChI is InChI=1S/C10H15ClN4/c11-9-7-8(14-12)1-2-10(9)15-5-3-13-4-6-15/h1-2,7,13-14H,3-6,12H2. The lowest BCUT2D eigenvalue weighted by molar-refractivity contribution is 0.589. The molecule has 1 saturated heterocycles. The Kier molecular flexibility index (Phi) is 3.30. The fraction of sp³-hybridized carbons (Fsp3) is 0.400. The summed E-state index contributed by atoms with van der Waals surface area (Å²) < 4.78 is 0. The summed E-state index contributed by atoms with van der Waals surface area (Å²) in [5.41, 5.74) is 4.50. The number of anilines is 2. The molecule has 0 spiro atoms. The first-order chi connectivity index (χ1) is 7.31. The van der Waals surface area contributed by atoms with Gasteiger partial charge >= 0.3 is 0 Å². The molecule has 0 aromatic heterocycles. The maximum absolute atomic E-state index is 6.18. The molecule has 0 unspecified atom stereocenters. The van der Waals surface area contributed by atoms with Gasteiger partial charge in [0.05, 0.1) is 16.4 Å². The third-order valence-electron chi connectivity index (χ3n) is 2.57. The number of hydrazine groups is 1. The molecule has 1 heterocycles. The van der Waals surface area contributed by atoms with E-state index in [0.29, 0.717) is 0 Å². The second kappa shape index (κ2) is 4.70. The van der Waals surface area contributed by atoms with Crippen molar-refractivity contribution in [3.05, 3.63) is 23.2 Å². The van der Waals surface area contributed by atoms with Gasteiger partial charge < -0.3 is 15.6 Å². The molecule has 0 amide bonds. The van der Waals surface area contributed by atoms with Gasteiger partial charge in [-0.05, 0) is 18.2 Å². The lowest BCUT2D eigenvalue weighted by Crippen LogP contribution is -2.43. The first kappa shape index (κ1) is 10.5. The van der Waals surface area contributed by atoms with Crippen molar-refractivity contribution in [1.82, 2.24) is 5.32 Å². The van der Waals surface area contributed by atoms with Gasteiger partial charge in [-0.25, -0.2) is 0 Å². The lowest BCUT2D eigenvalue weighted by atomic mass is 10.2. The van der Waals surface area contributed by atoms with E-state index in [0.717, 1.165) is 42.6 Å². The molecule has 5 heteroatoms. The number of halogens is 1. The highest BCUT2D eigenvalue weighted by Crippen LogP contribution is 2.28. The van der Waals surface area contributed by atoms with Crippen LogP contribution in [0.4, 0.5) is 11.4 Å². The number of nitrogens with two attached hydrogens (primary N) is 1. The molecule has 1 fully saturated rings. The summed E-state index contributed by atoms with van der Waals surface area (Å²) in [7, 11) is 0. The van der Waals surface area contributed by atoms with Crippen LogP contribution in [0, 0.1) is 0 Å². The molecule has 1 aliphatic heterocycles. The number of piperazine rings is 1. The van der Waals surface area contributed by atoms with Gasteiger partial charge in [0.1, 0.15) is 0 Å². The molecule has 0 radical (unpaired) electrons. The van der Waals surface area contributed by atoms with E-state index in [9.17, 15) is 0 Å². The molecule has 4 nitrogen and oxygen atoms in total. The third kappa shape index (κ3) is 2.34. The summed E-state index contributed by atoms with van der Waals surface area (Å²) in [4.78, 5) is 2.28. The predicted octanol–water partition coefficient (Wildman–Crippen LogP) is 1.04. The van der Waals surface area contributed by atoms with Crippen LogP contribution < -0.4 is 21.5 Å². The Morgan fingerprint density at radius 1 is 1.33 bits per heavy atom. The minimum Gasteiger partial charge on any atom is -0.368 e. The molecule has 4 N–H and O–H groups in total. The summed E-state index contributed by atoms with van der Waals surface area (Å²) in [6.07, 6.45) is 0. The van der Waals surface area contributed by atoms with Crippen molar-refractivity contribution in [2.45, 2.75) is 0 Å². The lowest BCUT2D eigenvalue weighted by Gasteiger charge is -2.30. The molecule has 0 aliphatic carbocycles. The average Bonchev–Trinajstić information content (AvgIpc) is 2.30. The maximum atomic E-state index is 6.18. The maximum Gasteiger partial charge on any atom is 0.0660 e. The zero-order valence-corrected chi connectivity index (χ0v) is 9.22. The van der Waals surface area contributed by atoms with Crippen LogP contribution in [0.15, 0.2) is 18.2 Å². The van der Waals surface area contributed by atoms with Gasteiger partial charge in [0.15, 0.2) is 0 Å². The molecule has 0 saturated carbocycles. The highest BCUT2D eigenvalue weighted by Gasteiger charge is 2.13. The monoisotopic (exact) mass is 226 g/mol. The number of nitrogen functional groups attached to an aromatic ring is 1. The van der Waals surface area contributed by atoms with Crippen molar-refractivity contribution in [3.63, 3.8) is 0 Å². The number of hydrogen-bond acceptors (Lipinski definition) is 4. The topological polar surface area (TPSA) is 53.3 Å². The molecule has 2 rings (SSSR count). The van der Waals surface area contributed by atoms with Crippen LogP contribution in [0.1, 0.15) is 0 Å². The Bertz CT molecular complexity index is 336. The number of benzene rings is 1. The van der Waals surface area contributed by atoms with Gasteiger partial charge in [-0.1, -0.05) is 11.6 Å². The minimum absolute atomic E-state index is 0.743. The molecule has 0 bridgehead atoms. The fourth-order valence-electron chi connectivity index (χ4n) is 1.76. The zero-order valence-electron chi connectivity index (χ0n) is 8.46. The Hall–Kier alpha value is -0.970. The molecule has 0 atom stereocenters. The van der Waals surface area contributed by atoms with Crippen LogP contribution in [-0.4, -0.2) is 26.2 Å². The van der Waals surface area contributed by atoms with E-state index in [1.165, 1.54) is 0 Å². The summed E-state index contributed by atoms with van der Waals surface area (Å²) in [6, 6.07) is 5.78. The Balaban J connectivity index is 2.19. The number of hydrogen-bond donors (Lipinski definition) is 3. The quantitative estimate of drug-likeness (QED) is 0.521. The molecule has 1 aliphatic rings. The highest BCUT2D eigenvalue weighted by molar-refractivity contribution is 6.33. The second-order valence-electron chi connectivity index (χ2n) is 3.55. The van der Waals surface area contributed by atoms with Crippen LogP contribution >= 0.6 is 11.6 Å². The Labute approximate surface area is 94.4 Å². The smallest absolute Gasteiger partial charge is 0.0660 e. The van der Waals surface area contributed by atoms with Gasteiger partial charge in [-0.15, -0.1) is 0 Å². The summed E-state index contributed by atoms with van der Waals surface area (Å²) in [5.74, 6) is 5.31. The van der Waals surface area contributed by atoms with E-state index in [1.807, 2.05) is 18.2 Å². The van der Waals surface area contributed by atoms with Gasteiger partial charge in [0.2, 0.25) is 0 Å². The molecule has 1 aromatic rings. The van der Waals surface area contributed by atoms with E-state index >= 15 is 0 Å². The summed E-state index contributed by atoms with van der Waals surface area (Å²) in [6.45, 7) is 4.00. The summed E-state index contributed by atoms with van der Waals surface area (Å²) in [5, 5.41) is 4.05. The van der Waals surface area contributed by atoms with Gasteiger partial charge in [-0.3, -0.25) is 5.84 Å². The van der Waals surface area contributed by atoms with Gasteiger partial charge in [0, 0.05) is 26.2 Å². The van der Waals surface area contributed by atoms with E-state index in [4.69, 9.17) is 17.4 Å². The molecule has 82 valence electrons. The minimum atomic E-state index is 0.743. The second-order valence-corrected chi connectivity index (χ2v) is 3.95. The normalized spacial score (nSPS) is 16.5. The largest absolute Gasteiger partial charge is 0.368 e. The predicted molar refractivity (Wildman–Crippen MR) is 64.3 cm³/mol. The van der Waals surface area contributed by atoms with Crippen molar-refractivity contribution < 1.29 is 0 Å². The van der Waals surface area contributed by atoms with Crippen molar-refractivity contribution in [2.24, 2.45) is 5.84 Å². The fourth-order valence-corrected chi connectivity index (χ4v) is 2.06. The Morgan fingerprint density at radius 2 is 2.07 bits per heavy atom. The SMILES string of the molecule is NNc1ccc(N2CCNCC2)c(Cl)c1. The Morgan fingerprint density at radius 3 is 2.67 bits per heavy atom. The average molecular weight is 227 g/mol. The zero-order chi connectivity index (χ0) is 10.7. The van der Waals surface area contributed by atoms with Crippen LogP contribution in [-0.2, 0) is 0 Å². The van der Waals surface area contributed by atoms with Gasteiger partial charge in [0.25, 0.3) is 0 Å². The highest BCUT2D eigenvalue weighted by atomic mass is 35.5. The molecular weight excluding hydrogens is 212 g/mol. The van der Waals surface area contributed by atoms with E-state index < -0.39 is 0 Å². The van der Waals surface area contributed by atoms with Crippen molar-refractivity contribution in [1.29, 1.82) is 0 Å². The van der Waals surface area contributed by atoms with Crippen molar-refractivity contribution in [3.8, 4) is 0 Å². The van der Waals surface area contributed by atoms with Crippen LogP contribution in [0.2, 0.25) is 5.02 Å². The molecular formula is C10H15ClN4. The molecule has 1 aromatic carbocycles. The summed E-state index contributed by atoms with van der Waals surface area (Å²) >= 11 is 6.18. The first-order valence-electron chi connectivity index (χ1n) is 5.03. The first-order valence-corrected chi connectivity index (χ1v) is 5.41. The van der Waals surface area contributed by atoms with Crippen LogP contribution in [0.5, 0.6) is 0 Å². The number of nitrogens with one attached hydrogen (secondary N) is 2. The van der Waals surface area contributed by atoms with E-state index in [-0.39, 0.29) is 0 Å². The van der Waals surface area contributed by atoms with Crippen molar-refractivity contribution in [2.75, 3.05) is 36.5 Å². The van der Waals surface area contributed by atoms with Crippen LogP contribution in [0.3, 0.4) is 0 Å².